The van der Waals surface area contributed by atoms with Crippen molar-refractivity contribution in [3.05, 3.63) is 53.2 Å². The van der Waals surface area contributed by atoms with E-state index in [4.69, 9.17) is 9.97 Å². The van der Waals surface area contributed by atoms with Crippen LogP contribution in [0.4, 0.5) is 17.5 Å². The second-order valence-electron chi connectivity index (χ2n) is 13.6. The van der Waals surface area contributed by atoms with Gasteiger partial charge in [0.25, 0.3) is 0 Å². The SMILES string of the molecule is CN(C)C/C=C/C(=O)N1CCN(c2nc(N3CCC(N(C)C)C3)nc3c2CC[C@H](N2CCCc4ccccc42)C3)C[C@@H]1CC#N. The summed E-state index contributed by atoms with van der Waals surface area (Å²) in [7, 11) is 8.28. The topological polar surface area (TPSA) is 86.1 Å². The second-order valence-corrected chi connectivity index (χ2v) is 13.6. The van der Waals surface area contributed by atoms with Gasteiger partial charge in [0.2, 0.25) is 11.9 Å². The van der Waals surface area contributed by atoms with Crippen molar-refractivity contribution in [3.63, 3.8) is 0 Å². The molecule has 6 rings (SSSR count). The van der Waals surface area contributed by atoms with Crippen LogP contribution in [-0.4, -0.2) is 123 Å². The lowest BCUT2D eigenvalue weighted by atomic mass is 9.88. The molecule has 0 radical (unpaired) electrons. The maximum atomic E-state index is 13.2. The van der Waals surface area contributed by atoms with Crippen LogP contribution in [0.15, 0.2) is 36.4 Å². The van der Waals surface area contributed by atoms with E-state index in [2.05, 4.69) is 64.0 Å². The normalized spacial score (nSPS) is 23.5. The van der Waals surface area contributed by atoms with E-state index in [1.807, 2.05) is 30.0 Å². The molecule has 4 heterocycles. The molecule has 1 aromatic heterocycles. The van der Waals surface area contributed by atoms with Crippen molar-refractivity contribution in [2.45, 2.75) is 63.1 Å². The van der Waals surface area contributed by atoms with E-state index in [9.17, 15) is 10.1 Å². The van der Waals surface area contributed by atoms with E-state index in [1.54, 1.807) is 6.08 Å². The summed E-state index contributed by atoms with van der Waals surface area (Å²) >= 11 is 0. The van der Waals surface area contributed by atoms with Gasteiger partial charge in [-0.05, 0) is 71.9 Å². The highest BCUT2D eigenvalue weighted by Gasteiger charge is 2.36. The molecule has 240 valence electrons. The molecule has 2 aromatic rings. The number of aryl methyl sites for hydroxylation is 1. The quantitative estimate of drug-likeness (QED) is 0.419. The first kappa shape index (κ1) is 31.3. The fraction of sp³-hybridized carbons (Fsp3) is 0.600. The predicted molar refractivity (Wildman–Crippen MR) is 180 cm³/mol. The maximum Gasteiger partial charge on any atom is 0.246 e. The Hall–Kier alpha value is -3.68. The molecule has 2 saturated heterocycles. The average molecular weight is 612 g/mol. The number of carbonyl (C=O) groups excluding carboxylic acids is 1. The minimum atomic E-state index is -0.180. The van der Waals surface area contributed by atoms with Crippen molar-refractivity contribution in [2.24, 2.45) is 0 Å². The summed E-state index contributed by atoms with van der Waals surface area (Å²) in [4.78, 5) is 37.3. The summed E-state index contributed by atoms with van der Waals surface area (Å²) in [5.74, 6) is 1.83. The third kappa shape index (κ3) is 6.80. The minimum absolute atomic E-state index is 0.0152. The van der Waals surface area contributed by atoms with Crippen molar-refractivity contribution in [3.8, 4) is 6.07 Å². The fourth-order valence-electron chi connectivity index (χ4n) is 7.60. The van der Waals surface area contributed by atoms with E-state index >= 15 is 0 Å². The number of amides is 1. The lowest BCUT2D eigenvalue weighted by Crippen LogP contribution is -2.55. The Balaban J connectivity index is 1.29. The summed E-state index contributed by atoms with van der Waals surface area (Å²) in [5, 5.41) is 9.72. The average Bonchev–Trinajstić information content (AvgIpc) is 3.55. The van der Waals surface area contributed by atoms with Crippen molar-refractivity contribution in [2.75, 3.05) is 88.7 Å². The van der Waals surface area contributed by atoms with Gasteiger partial charge in [-0.2, -0.15) is 10.2 Å². The molecule has 1 amide bonds. The zero-order valence-electron chi connectivity index (χ0n) is 27.5. The van der Waals surface area contributed by atoms with E-state index in [0.717, 1.165) is 63.5 Å². The number of likely N-dealkylation sites (N-methyl/N-ethyl adjacent to an activating group) is 2. The van der Waals surface area contributed by atoms with E-state index in [-0.39, 0.29) is 11.9 Å². The van der Waals surface area contributed by atoms with Gasteiger partial charge in [-0.1, -0.05) is 24.3 Å². The van der Waals surface area contributed by atoms with Crippen molar-refractivity contribution >= 4 is 23.4 Å². The molecular formula is C35H49N9O. The van der Waals surface area contributed by atoms with Gasteiger partial charge in [0.05, 0.1) is 24.2 Å². The Morgan fingerprint density at radius 3 is 2.64 bits per heavy atom. The molecule has 3 aliphatic heterocycles. The summed E-state index contributed by atoms with van der Waals surface area (Å²) in [5.41, 5.74) is 5.27. The monoisotopic (exact) mass is 611 g/mol. The lowest BCUT2D eigenvalue weighted by molar-refractivity contribution is -0.128. The number of nitrogens with zero attached hydrogens (tertiary/aromatic N) is 9. The summed E-state index contributed by atoms with van der Waals surface area (Å²) in [6.07, 6.45) is 10.2. The number of fused-ring (bicyclic) bond motifs is 2. The van der Waals surface area contributed by atoms with Crippen LogP contribution in [0.1, 0.15) is 42.5 Å². The third-order valence-corrected chi connectivity index (χ3v) is 10.1. The van der Waals surface area contributed by atoms with Gasteiger partial charge in [-0.15, -0.1) is 0 Å². The molecule has 0 saturated carbocycles. The molecule has 45 heavy (non-hydrogen) atoms. The van der Waals surface area contributed by atoms with Crippen molar-refractivity contribution < 1.29 is 4.79 Å². The molecule has 0 bridgehead atoms. The van der Waals surface area contributed by atoms with E-state index in [1.165, 1.54) is 28.9 Å². The number of carbonyl (C=O) groups is 1. The lowest BCUT2D eigenvalue weighted by Gasteiger charge is -2.43. The van der Waals surface area contributed by atoms with Gasteiger partial charge in [-0.25, -0.2) is 4.98 Å². The Bertz CT molecular complexity index is 1430. The predicted octanol–water partition coefficient (Wildman–Crippen LogP) is 2.98. The first-order chi connectivity index (χ1) is 21.8. The highest BCUT2D eigenvalue weighted by molar-refractivity contribution is 5.88. The maximum absolute atomic E-state index is 13.2. The van der Waals surface area contributed by atoms with Crippen LogP contribution in [0.2, 0.25) is 0 Å². The number of nitriles is 1. The number of benzene rings is 1. The van der Waals surface area contributed by atoms with Crippen LogP contribution in [0.25, 0.3) is 0 Å². The number of para-hydroxylation sites is 1. The number of piperazine rings is 1. The Morgan fingerprint density at radius 1 is 1.02 bits per heavy atom. The third-order valence-electron chi connectivity index (χ3n) is 10.1. The minimum Gasteiger partial charge on any atom is -0.368 e. The van der Waals surface area contributed by atoms with Crippen LogP contribution in [-0.2, 0) is 24.1 Å². The molecule has 1 unspecified atom stereocenters. The Morgan fingerprint density at radius 2 is 1.87 bits per heavy atom. The van der Waals surface area contributed by atoms with Gasteiger partial charge in [0.15, 0.2) is 0 Å². The van der Waals surface area contributed by atoms with Crippen LogP contribution in [0.5, 0.6) is 0 Å². The number of aromatic nitrogens is 2. The molecule has 10 nitrogen and oxygen atoms in total. The van der Waals surface area contributed by atoms with Crippen molar-refractivity contribution in [1.29, 1.82) is 5.26 Å². The van der Waals surface area contributed by atoms with Crippen LogP contribution < -0.4 is 14.7 Å². The Labute approximate surface area is 268 Å². The zero-order chi connectivity index (χ0) is 31.5. The van der Waals surface area contributed by atoms with E-state index in [0.29, 0.717) is 44.7 Å². The first-order valence-electron chi connectivity index (χ1n) is 16.7. The van der Waals surface area contributed by atoms with Gasteiger partial charge in [-0.3, -0.25) is 4.79 Å². The number of hydrogen-bond acceptors (Lipinski definition) is 9. The molecule has 1 aromatic carbocycles. The molecule has 3 atom stereocenters. The molecule has 10 heteroatoms. The van der Waals surface area contributed by atoms with Crippen molar-refractivity contribution in [1.82, 2.24) is 24.7 Å². The highest BCUT2D eigenvalue weighted by Crippen LogP contribution is 2.37. The number of anilines is 3. The number of hydrogen-bond donors (Lipinski definition) is 0. The van der Waals surface area contributed by atoms with Gasteiger partial charge < -0.3 is 29.4 Å². The van der Waals surface area contributed by atoms with Crippen LogP contribution in [0, 0.1) is 11.3 Å². The molecular weight excluding hydrogens is 562 g/mol. The van der Waals surface area contributed by atoms with Gasteiger partial charge in [0, 0.05) is 81.6 Å². The molecule has 1 aliphatic carbocycles. The van der Waals surface area contributed by atoms with E-state index < -0.39 is 0 Å². The largest absolute Gasteiger partial charge is 0.368 e. The summed E-state index contributed by atoms with van der Waals surface area (Å²) in [6, 6.07) is 12.0. The van der Waals surface area contributed by atoms with Gasteiger partial charge >= 0.3 is 0 Å². The standard InChI is InChI=1S/C35H49N9O/c1-39(2)18-8-12-33(45)44-22-21-41(25-29(44)15-17-36)34-30-14-13-27(43-19-7-10-26-9-5-6-11-32(26)43)23-31(30)37-35(38-34)42-20-16-28(24-42)40(3)4/h5-6,8-9,11-12,27-29H,7,10,13-16,18-25H2,1-4H3/b12-8+/t27-,28?,29-/m0/s1. The summed E-state index contributed by atoms with van der Waals surface area (Å²) < 4.78 is 0. The molecule has 0 spiro atoms. The zero-order valence-corrected chi connectivity index (χ0v) is 27.5. The molecule has 0 N–H and O–H groups in total. The number of rotatable bonds is 8. The Kier molecular flexibility index (Phi) is 9.57. The van der Waals surface area contributed by atoms with Crippen LogP contribution >= 0.6 is 0 Å². The second kappa shape index (κ2) is 13.8. The molecule has 4 aliphatic rings. The fourth-order valence-corrected chi connectivity index (χ4v) is 7.60. The molecule has 2 fully saturated rings. The van der Waals surface area contributed by atoms with Crippen LogP contribution in [0.3, 0.4) is 0 Å². The first-order valence-corrected chi connectivity index (χ1v) is 16.7. The highest BCUT2D eigenvalue weighted by atomic mass is 16.2. The van der Waals surface area contributed by atoms with Gasteiger partial charge in [0.1, 0.15) is 5.82 Å². The summed E-state index contributed by atoms with van der Waals surface area (Å²) in [6.45, 7) is 5.54. The smallest absolute Gasteiger partial charge is 0.246 e.